The highest BCUT2D eigenvalue weighted by molar-refractivity contribution is 5.94. The van der Waals surface area contributed by atoms with Crippen LogP contribution in [-0.4, -0.2) is 82.3 Å². The second-order valence-corrected chi connectivity index (χ2v) is 11.4. The molecule has 7 N–H and O–H groups in total. The minimum Gasteiger partial charge on any atom is -0.394 e. The smallest absolute Gasteiger partial charge is 0.297 e. The first-order valence-electron chi connectivity index (χ1n) is 15.4. The van der Waals surface area contributed by atoms with Gasteiger partial charge in [-0.3, -0.25) is 4.79 Å². The number of nitrogens with one attached hydrogen (secondary N) is 1. The lowest BCUT2D eigenvalue weighted by molar-refractivity contribution is -0.302. The van der Waals surface area contributed by atoms with Crippen LogP contribution >= 0.6 is 0 Å². The van der Waals surface area contributed by atoms with Gasteiger partial charge in [-0.15, -0.1) is 0 Å². The highest BCUT2D eigenvalue weighted by Crippen LogP contribution is 2.24. The van der Waals surface area contributed by atoms with Gasteiger partial charge in [0.1, 0.15) is 24.4 Å². The van der Waals surface area contributed by atoms with Crippen molar-refractivity contribution in [2.45, 2.75) is 89.7 Å². The molecule has 0 saturated carbocycles. The third-order valence-electron chi connectivity index (χ3n) is 6.20. The molecule has 1 rings (SSSR count). The van der Waals surface area contributed by atoms with Crippen molar-refractivity contribution in [3.63, 3.8) is 0 Å². The van der Waals surface area contributed by atoms with Gasteiger partial charge in [-0.25, -0.2) is 0 Å². The van der Waals surface area contributed by atoms with Crippen LogP contribution in [0.4, 0.5) is 0 Å². The highest BCUT2D eigenvalue weighted by atomic mass is 16.7. The Bertz CT molecular complexity index is 2070. The first-order chi connectivity index (χ1) is 24.5. The number of ether oxygens (including phenoxy) is 2. The molecule has 0 bridgehead atoms. The average Bonchev–Trinajstić information content (AvgIpc) is 3.09. The molecule has 1 fully saturated rings. The van der Waals surface area contributed by atoms with E-state index in [-0.39, 0.29) is 46.3 Å². The maximum atomic E-state index is 12.6. The molecular formula is C42H84N2O7. The number of hydrogen-bond donors (Lipinski definition) is 6. The number of aliphatic hydroxyl groups is 4. The third kappa shape index (κ3) is 20.8. The molecule has 0 aromatic heterocycles. The zero-order valence-corrected chi connectivity index (χ0v) is 28.7. The Morgan fingerprint density at radius 1 is 0.745 bits per heavy atom. The van der Waals surface area contributed by atoms with Crippen LogP contribution in [0.5, 0.6) is 0 Å². The van der Waals surface area contributed by atoms with Gasteiger partial charge in [0.15, 0.2) is 6.29 Å². The molecule has 51 heavy (non-hydrogen) atoms. The summed E-state index contributed by atoms with van der Waals surface area (Å²) in [5.41, 5.74) is 6.48. The quantitative estimate of drug-likeness (QED) is 0.185. The lowest BCUT2D eigenvalue weighted by Gasteiger charge is -2.40. The summed E-state index contributed by atoms with van der Waals surface area (Å²) >= 11 is 0. The fourth-order valence-electron chi connectivity index (χ4n) is 3.73. The molecule has 1 saturated heterocycles. The molecule has 0 aliphatic carbocycles. The molecule has 1 aliphatic rings. The predicted octanol–water partition coefficient (Wildman–Crippen LogP) is 4.80. The Labute approximate surface area is 337 Å². The van der Waals surface area contributed by atoms with Gasteiger partial charge >= 0.3 is 0 Å². The van der Waals surface area contributed by atoms with Crippen molar-refractivity contribution in [2.24, 2.45) is 11.1 Å². The summed E-state index contributed by atoms with van der Waals surface area (Å²) < 4.78 is 11.0. The van der Waals surface area contributed by atoms with Gasteiger partial charge in [-0.05, 0) is 120 Å². The number of aliphatic hydroxyl groups excluding tert-OH is 4. The van der Waals surface area contributed by atoms with Crippen molar-refractivity contribution in [3.05, 3.63) is 0 Å². The second kappa shape index (κ2) is 25.9. The normalized spacial score (nSPS) is 18.5. The Hall–Kier alpha value is -6.09. The molecule has 2 unspecified atom stereocenters. The first-order valence-corrected chi connectivity index (χ1v) is 15.4. The summed E-state index contributed by atoms with van der Waals surface area (Å²) in [5, 5.41) is 42.4. The summed E-state index contributed by atoms with van der Waals surface area (Å²) in [7, 11) is 0. The van der Waals surface area contributed by atoms with E-state index in [9.17, 15) is 25.2 Å². The fraction of sp³-hybridized carbons (Fsp3) is 0.405. The Morgan fingerprint density at radius 2 is 1.18 bits per heavy atom. The van der Waals surface area contributed by atoms with Crippen LogP contribution in [0.3, 0.4) is 0 Å². The van der Waals surface area contributed by atoms with E-state index in [1.807, 2.05) is 0 Å². The standard InChI is InChI=1S/C42H36N2O7.24H2/c1-5-6-7-8-9-10-11-12-13-14-15-16-17-18-19-20-21-22-23-24-25-26-27-30-37(46)44-35(34(43)29-28-31-42(2,3)4)33-50-41-40(49)39(48)38(47)36(32-45)51-41;;;;;;;;;;;;;;;;;;;;;;;;/h34-36,38-41,45,47-49H,28-29,31-33,43H2,1-4H3,(H,44,46);24*1H/t34-,35+,36?,38+,39+,40?,41+;;;;;;;;;;;;;;;;;;;;;;;;/m1......................../s1. The van der Waals surface area contributed by atoms with Gasteiger partial charge in [0.2, 0.25) is 0 Å². The van der Waals surface area contributed by atoms with Gasteiger partial charge in [0.25, 0.3) is 5.91 Å². The number of hydrogen-bond acceptors (Lipinski definition) is 8. The number of carbonyl (C=O) groups excluding carboxylic acids is 1. The van der Waals surface area contributed by atoms with Crippen molar-refractivity contribution in [1.82, 2.24) is 5.32 Å². The highest BCUT2D eigenvalue weighted by Gasteiger charge is 2.44. The SMILES string of the molecule is CC#CC#CC#CC#CC#CC#CC#CC#CC#CC#CC#CC#CC(=O)N[C@@H](CO[C@H]1OC(CO)[C@H](O)[C@H](O)C1O)[C@H](N)CCCC(C)(C)C.[HH].[HH].[HH].[HH].[HH].[HH].[HH].[HH].[HH].[HH].[HH].[HH].[HH].[HH].[HH].[HH].[HH].[HH].[HH].[HH].[HH].[HH].[HH].[HH]. The summed E-state index contributed by atoms with van der Waals surface area (Å²) in [6.07, 6.45) is -5.04. The summed E-state index contributed by atoms with van der Waals surface area (Å²) in [4.78, 5) is 12.6. The summed E-state index contributed by atoms with van der Waals surface area (Å²) in [6, 6.07) is -1.30. The van der Waals surface area contributed by atoms with E-state index in [1.165, 1.54) is 0 Å². The van der Waals surface area contributed by atoms with Crippen LogP contribution in [0.15, 0.2) is 0 Å². The minimum atomic E-state index is -1.61. The van der Waals surface area contributed by atoms with Crippen LogP contribution < -0.4 is 11.1 Å². The van der Waals surface area contributed by atoms with Crippen LogP contribution in [0.25, 0.3) is 0 Å². The topological polar surface area (TPSA) is 155 Å². The Kier molecular flexibility index (Phi) is 21.8. The third-order valence-corrected chi connectivity index (χ3v) is 6.20. The van der Waals surface area contributed by atoms with E-state index in [0.717, 1.165) is 12.8 Å². The van der Waals surface area contributed by atoms with E-state index < -0.39 is 55.3 Å². The van der Waals surface area contributed by atoms with Crippen molar-refractivity contribution in [1.29, 1.82) is 0 Å². The molecule has 1 aliphatic heterocycles. The van der Waals surface area contributed by atoms with Crippen molar-refractivity contribution < 1.29 is 68.9 Å². The van der Waals surface area contributed by atoms with Gasteiger partial charge in [0.05, 0.1) is 19.3 Å². The van der Waals surface area contributed by atoms with E-state index in [1.54, 1.807) is 6.92 Å². The molecule has 1 heterocycles. The molecule has 9 heteroatoms. The van der Waals surface area contributed by atoms with E-state index in [2.05, 4.69) is 168 Å². The van der Waals surface area contributed by atoms with Crippen molar-refractivity contribution >= 4 is 5.91 Å². The summed E-state index contributed by atoms with van der Waals surface area (Å²) in [6.45, 7) is 7.19. The Balaban J connectivity index is -0.0000000493. The fourth-order valence-corrected chi connectivity index (χ4v) is 3.73. The molecule has 1 amide bonds. The molecule has 0 spiro atoms. The molecule has 0 radical (unpaired) electrons. The number of amides is 1. The zero-order chi connectivity index (χ0) is 37.7. The summed E-state index contributed by atoms with van der Waals surface area (Å²) in [5.74, 6) is 58.9. The molecule has 304 valence electrons. The van der Waals surface area contributed by atoms with Gasteiger partial charge in [-0.1, -0.05) is 33.1 Å². The minimum absolute atomic E-state index is 0. The average molecular weight is 729 g/mol. The maximum Gasteiger partial charge on any atom is 0.297 e. The molecule has 7 atom stereocenters. The Morgan fingerprint density at radius 3 is 1.59 bits per heavy atom. The predicted molar refractivity (Wildman–Crippen MR) is 243 cm³/mol. The van der Waals surface area contributed by atoms with Crippen LogP contribution in [-0.2, 0) is 14.3 Å². The number of rotatable bonds is 9. The molecular weight excluding hydrogens is 644 g/mol. The largest absolute Gasteiger partial charge is 0.394 e. The van der Waals surface area contributed by atoms with E-state index in [4.69, 9.17) is 15.2 Å². The number of carbonyl (C=O) groups is 1. The zero-order valence-electron chi connectivity index (χ0n) is 28.7. The van der Waals surface area contributed by atoms with Crippen LogP contribution in [0.1, 0.15) is 81.2 Å². The lowest BCUT2D eigenvalue weighted by atomic mass is 9.88. The lowest BCUT2D eigenvalue weighted by Crippen LogP contribution is -2.60. The maximum absolute atomic E-state index is 12.6. The number of nitrogens with two attached hydrogens (primary N) is 1. The van der Waals surface area contributed by atoms with Crippen LogP contribution in [0.2, 0.25) is 0 Å². The van der Waals surface area contributed by atoms with E-state index >= 15 is 0 Å². The van der Waals surface area contributed by atoms with Gasteiger partial charge in [-0.2, -0.15) is 0 Å². The second-order valence-electron chi connectivity index (χ2n) is 11.4. The van der Waals surface area contributed by atoms with Crippen LogP contribution in [0, 0.1) is 148 Å². The van der Waals surface area contributed by atoms with Gasteiger partial charge in [0, 0.05) is 81.7 Å². The van der Waals surface area contributed by atoms with Gasteiger partial charge < -0.3 is 41.0 Å². The van der Waals surface area contributed by atoms with E-state index in [0.29, 0.717) is 6.42 Å². The first kappa shape index (κ1) is 42.9. The molecule has 0 aromatic rings. The monoisotopic (exact) mass is 729 g/mol. The molecule has 9 nitrogen and oxygen atoms in total. The van der Waals surface area contributed by atoms with Crippen molar-refractivity contribution in [2.75, 3.05) is 13.2 Å². The molecule has 0 aromatic carbocycles. The van der Waals surface area contributed by atoms with Crippen molar-refractivity contribution in [3.8, 4) is 142 Å².